The number of nitrogens with one attached hydrogen (secondary N) is 2. The van der Waals surface area contributed by atoms with Crippen molar-refractivity contribution in [2.75, 3.05) is 17.7 Å². The second-order valence-electron chi connectivity index (χ2n) is 7.85. The van der Waals surface area contributed by atoms with Gasteiger partial charge in [0.2, 0.25) is 0 Å². The largest absolute Gasteiger partial charge is 0.469 e. The summed E-state index contributed by atoms with van der Waals surface area (Å²) in [5.74, 6) is 0.136. The molecule has 32 heavy (non-hydrogen) atoms. The van der Waals surface area contributed by atoms with E-state index in [9.17, 15) is 9.59 Å². The van der Waals surface area contributed by atoms with Gasteiger partial charge in [0.05, 0.1) is 7.11 Å². The highest BCUT2D eigenvalue weighted by molar-refractivity contribution is 6.00. The molecule has 1 aromatic carbocycles. The molecule has 166 valence electrons. The van der Waals surface area contributed by atoms with E-state index >= 15 is 0 Å². The number of aromatic nitrogens is 3. The number of carbonyl (C=O) groups is 2. The fourth-order valence-corrected chi connectivity index (χ4v) is 3.97. The lowest BCUT2D eigenvalue weighted by atomic mass is 9.77. The number of nitrogens with zero attached hydrogens (tertiary/aromatic N) is 3. The molecule has 1 fully saturated rings. The molecule has 0 radical (unpaired) electrons. The Bertz CT molecular complexity index is 1040. The fraction of sp³-hybridized carbons (Fsp3) is 0.348. The van der Waals surface area contributed by atoms with Gasteiger partial charge in [-0.3, -0.25) is 14.6 Å². The minimum atomic E-state index is -0.476. The molecule has 9 heteroatoms. The van der Waals surface area contributed by atoms with E-state index < -0.39 is 5.91 Å². The lowest BCUT2D eigenvalue weighted by Gasteiger charge is -2.28. The maximum atomic E-state index is 12.4. The number of pyridine rings is 1. The highest BCUT2D eigenvalue weighted by Crippen LogP contribution is 2.37. The molecular weight excluding hydrogens is 410 g/mol. The molecule has 1 saturated carbocycles. The minimum Gasteiger partial charge on any atom is -0.469 e. The molecule has 2 heterocycles. The van der Waals surface area contributed by atoms with Crippen LogP contribution in [-0.4, -0.2) is 34.2 Å². The summed E-state index contributed by atoms with van der Waals surface area (Å²) < 4.78 is 10.2. The number of anilines is 3. The van der Waals surface area contributed by atoms with Crippen LogP contribution in [0.1, 0.15) is 54.3 Å². The van der Waals surface area contributed by atoms with E-state index in [2.05, 4.69) is 25.8 Å². The topological polar surface area (TPSA) is 119 Å². The summed E-state index contributed by atoms with van der Waals surface area (Å²) in [5, 5.41) is 13.3. The third-order valence-electron chi connectivity index (χ3n) is 5.72. The van der Waals surface area contributed by atoms with Crippen LogP contribution in [0.15, 0.2) is 53.2 Å². The molecule has 2 N–H and O–H groups in total. The summed E-state index contributed by atoms with van der Waals surface area (Å²) in [6.45, 7) is 0. The van der Waals surface area contributed by atoms with Crippen molar-refractivity contribution < 1.29 is 18.7 Å². The van der Waals surface area contributed by atoms with Gasteiger partial charge in [0.1, 0.15) is 0 Å². The number of amides is 1. The monoisotopic (exact) mass is 435 g/mol. The van der Waals surface area contributed by atoms with Crippen LogP contribution >= 0.6 is 0 Å². The van der Waals surface area contributed by atoms with Crippen LogP contribution in [0.25, 0.3) is 0 Å². The van der Waals surface area contributed by atoms with Crippen molar-refractivity contribution in [1.82, 2.24) is 15.2 Å². The van der Waals surface area contributed by atoms with E-state index in [0.29, 0.717) is 23.9 Å². The number of hydrogen-bond donors (Lipinski definition) is 2. The Hall–Kier alpha value is -3.75. The summed E-state index contributed by atoms with van der Waals surface area (Å²) in [6, 6.07) is 11.4. The Kier molecular flexibility index (Phi) is 6.74. The summed E-state index contributed by atoms with van der Waals surface area (Å²) >= 11 is 0. The second-order valence-corrected chi connectivity index (χ2v) is 7.85. The van der Waals surface area contributed by atoms with E-state index in [1.807, 2.05) is 24.3 Å². The van der Waals surface area contributed by atoms with Crippen LogP contribution in [0.2, 0.25) is 0 Å². The lowest BCUT2D eigenvalue weighted by Crippen LogP contribution is -2.17. The van der Waals surface area contributed by atoms with Crippen LogP contribution in [0, 0.1) is 5.92 Å². The molecule has 0 unspecified atom stereocenters. The first-order valence-corrected chi connectivity index (χ1v) is 10.6. The molecule has 1 aliphatic rings. The van der Waals surface area contributed by atoms with Crippen LogP contribution in [0.5, 0.6) is 0 Å². The Balaban J connectivity index is 1.29. The van der Waals surface area contributed by atoms with E-state index in [1.165, 1.54) is 12.7 Å². The third-order valence-corrected chi connectivity index (χ3v) is 5.72. The lowest BCUT2D eigenvalue weighted by molar-refractivity contribution is -0.142. The van der Waals surface area contributed by atoms with Gasteiger partial charge in [0, 0.05) is 30.2 Å². The number of hydrogen-bond acceptors (Lipinski definition) is 8. The Labute approximate surface area is 185 Å². The first kappa shape index (κ1) is 21.5. The number of rotatable bonds is 7. The van der Waals surface area contributed by atoms with Crippen molar-refractivity contribution in [2.24, 2.45) is 5.92 Å². The molecule has 0 bridgehead atoms. The Morgan fingerprint density at radius 1 is 1.00 bits per heavy atom. The molecule has 3 aromatic rings. The predicted octanol–water partition coefficient (Wildman–Crippen LogP) is 4.30. The van der Waals surface area contributed by atoms with Crippen molar-refractivity contribution in [3.05, 3.63) is 60.2 Å². The van der Waals surface area contributed by atoms with Gasteiger partial charge in [-0.1, -0.05) is 17.2 Å². The quantitative estimate of drug-likeness (QED) is 0.527. The van der Waals surface area contributed by atoms with Gasteiger partial charge in [0.15, 0.2) is 0 Å². The molecule has 1 aliphatic carbocycles. The summed E-state index contributed by atoms with van der Waals surface area (Å²) in [4.78, 5) is 27.8. The number of esters is 1. The SMILES string of the molecule is COC(=O)CC1CCC(c2ccc(NC(=O)c3nnc(Nc4ccncc4)o3)cc2)CC1. The molecule has 9 nitrogen and oxygen atoms in total. The van der Waals surface area contributed by atoms with Crippen LogP contribution in [0.3, 0.4) is 0 Å². The second kappa shape index (κ2) is 10.0. The smallest absolute Gasteiger partial charge is 0.320 e. The van der Waals surface area contributed by atoms with Crippen LogP contribution < -0.4 is 10.6 Å². The Morgan fingerprint density at radius 3 is 2.41 bits per heavy atom. The zero-order chi connectivity index (χ0) is 22.3. The zero-order valence-electron chi connectivity index (χ0n) is 17.8. The van der Waals surface area contributed by atoms with Gasteiger partial charge in [-0.25, -0.2) is 0 Å². The number of benzene rings is 1. The molecule has 1 amide bonds. The molecule has 4 rings (SSSR count). The molecule has 0 atom stereocenters. The standard InChI is InChI=1S/C23H25N5O4/c1-31-20(29)14-15-2-4-16(5-3-15)17-6-8-18(9-7-17)25-21(30)22-27-28-23(32-22)26-19-10-12-24-13-11-19/h6-13,15-16H,2-5,14H2,1H3,(H,25,30)(H,24,26,28). The molecule has 0 aliphatic heterocycles. The van der Waals surface area contributed by atoms with Gasteiger partial charge in [-0.2, -0.15) is 0 Å². The number of methoxy groups -OCH3 is 1. The molecule has 0 spiro atoms. The highest BCUT2D eigenvalue weighted by atomic mass is 16.5. The van der Waals surface area contributed by atoms with E-state index in [-0.39, 0.29) is 17.9 Å². The number of ether oxygens (including phenoxy) is 1. The van der Waals surface area contributed by atoms with Gasteiger partial charge < -0.3 is 19.8 Å². The summed E-state index contributed by atoms with van der Waals surface area (Å²) in [6.07, 6.45) is 7.89. The summed E-state index contributed by atoms with van der Waals surface area (Å²) in [5.41, 5.74) is 2.62. The molecule has 0 saturated heterocycles. The van der Waals surface area contributed by atoms with E-state index in [4.69, 9.17) is 9.15 Å². The highest BCUT2D eigenvalue weighted by Gasteiger charge is 2.24. The maximum absolute atomic E-state index is 12.4. The fourth-order valence-electron chi connectivity index (χ4n) is 3.97. The van der Waals surface area contributed by atoms with Gasteiger partial charge in [-0.05, 0) is 67.3 Å². The minimum absolute atomic E-state index is 0.125. The zero-order valence-corrected chi connectivity index (χ0v) is 17.8. The van der Waals surface area contributed by atoms with E-state index in [0.717, 1.165) is 31.4 Å². The first-order chi connectivity index (χ1) is 15.6. The predicted molar refractivity (Wildman–Crippen MR) is 118 cm³/mol. The van der Waals surface area contributed by atoms with Gasteiger partial charge in [-0.15, -0.1) is 5.10 Å². The van der Waals surface area contributed by atoms with Crippen molar-refractivity contribution in [2.45, 2.75) is 38.0 Å². The molecule has 2 aromatic heterocycles. The maximum Gasteiger partial charge on any atom is 0.320 e. The van der Waals surface area contributed by atoms with Crippen LogP contribution in [-0.2, 0) is 9.53 Å². The molecular formula is C23H25N5O4. The average molecular weight is 435 g/mol. The third kappa shape index (κ3) is 5.48. The number of carbonyl (C=O) groups excluding carboxylic acids is 2. The first-order valence-electron chi connectivity index (χ1n) is 10.6. The summed E-state index contributed by atoms with van der Waals surface area (Å²) in [7, 11) is 1.44. The average Bonchev–Trinajstić information content (AvgIpc) is 3.29. The van der Waals surface area contributed by atoms with Gasteiger partial charge >= 0.3 is 23.8 Å². The van der Waals surface area contributed by atoms with Crippen molar-refractivity contribution in [3.8, 4) is 0 Å². The van der Waals surface area contributed by atoms with Crippen molar-refractivity contribution in [1.29, 1.82) is 0 Å². The Morgan fingerprint density at radius 2 is 1.72 bits per heavy atom. The van der Waals surface area contributed by atoms with Crippen molar-refractivity contribution >= 4 is 29.3 Å². The van der Waals surface area contributed by atoms with Crippen LogP contribution in [0.4, 0.5) is 17.4 Å². The van der Waals surface area contributed by atoms with Gasteiger partial charge in [0.25, 0.3) is 0 Å². The van der Waals surface area contributed by atoms with E-state index in [1.54, 1.807) is 24.5 Å². The van der Waals surface area contributed by atoms with Crippen molar-refractivity contribution in [3.63, 3.8) is 0 Å². The normalized spacial score (nSPS) is 18.0.